The second-order valence-electron chi connectivity index (χ2n) is 7.18. The minimum Gasteiger partial charge on any atom is -0.489 e. The van der Waals surface area contributed by atoms with Gasteiger partial charge in [0.15, 0.2) is 5.96 Å². The van der Waals surface area contributed by atoms with E-state index in [1.807, 2.05) is 20.0 Å². The lowest BCUT2D eigenvalue weighted by Gasteiger charge is -2.18. The molecule has 1 aromatic carbocycles. The quantitative estimate of drug-likeness (QED) is 0.527. The van der Waals surface area contributed by atoms with Crippen LogP contribution in [-0.4, -0.2) is 43.2 Å². The summed E-state index contributed by atoms with van der Waals surface area (Å²) in [5, 5.41) is 6.53. The zero-order valence-electron chi connectivity index (χ0n) is 17.2. The molecule has 1 aliphatic rings. The molecular weight excluding hydrogens is 369 g/mol. The molecule has 1 fully saturated rings. The van der Waals surface area contributed by atoms with E-state index in [9.17, 15) is 4.39 Å². The van der Waals surface area contributed by atoms with E-state index in [-0.39, 0.29) is 11.9 Å². The molecule has 2 aromatic rings. The van der Waals surface area contributed by atoms with Gasteiger partial charge in [-0.05, 0) is 62.6 Å². The Labute approximate surface area is 172 Å². The maximum Gasteiger partial charge on any atom is 0.191 e. The average molecular weight is 400 g/mol. The van der Waals surface area contributed by atoms with Crippen LogP contribution in [0.2, 0.25) is 0 Å². The summed E-state index contributed by atoms with van der Waals surface area (Å²) >= 11 is 0. The SMILES string of the molecule is CCNC(=NCc1ccc(N2CCCC2)nc1)NCC(C)Oc1ccc(F)cc1. The normalized spacial score (nSPS) is 15.3. The van der Waals surface area contributed by atoms with Gasteiger partial charge in [0.25, 0.3) is 0 Å². The summed E-state index contributed by atoms with van der Waals surface area (Å²) in [5.74, 6) is 2.15. The molecule has 7 heteroatoms. The van der Waals surface area contributed by atoms with Crippen molar-refractivity contribution in [3.8, 4) is 5.75 Å². The average Bonchev–Trinajstić information content (AvgIpc) is 3.27. The van der Waals surface area contributed by atoms with Crippen molar-refractivity contribution in [3.63, 3.8) is 0 Å². The molecule has 0 saturated carbocycles. The predicted octanol–water partition coefficient (Wildman–Crippen LogP) is 3.34. The fraction of sp³-hybridized carbons (Fsp3) is 0.455. The molecule has 156 valence electrons. The molecule has 2 heterocycles. The summed E-state index contributed by atoms with van der Waals surface area (Å²) < 4.78 is 18.8. The molecule has 0 spiro atoms. The number of rotatable bonds is 8. The van der Waals surface area contributed by atoms with Crippen molar-refractivity contribution in [3.05, 3.63) is 54.0 Å². The topological polar surface area (TPSA) is 61.8 Å². The van der Waals surface area contributed by atoms with Gasteiger partial charge < -0.3 is 20.3 Å². The Balaban J connectivity index is 1.50. The molecule has 3 rings (SSSR count). The van der Waals surface area contributed by atoms with E-state index >= 15 is 0 Å². The minimum atomic E-state index is -0.271. The number of ether oxygens (including phenoxy) is 1. The molecule has 29 heavy (non-hydrogen) atoms. The first-order chi connectivity index (χ1) is 14.1. The third-order valence-corrected chi connectivity index (χ3v) is 4.71. The highest BCUT2D eigenvalue weighted by atomic mass is 19.1. The summed E-state index contributed by atoms with van der Waals surface area (Å²) in [7, 11) is 0. The van der Waals surface area contributed by atoms with E-state index in [0.29, 0.717) is 18.8 Å². The van der Waals surface area contributed by atoms with Crippen LogP contribution >= 0.6 is 0 Å². The molecule has 0 aliphatic carbocycles. The van der Waals surface area contributed by atoms with Crippen LogP contribution in [0.25, 0.3) is 0 Å². The molecular formula is C22H30FN5O. The van der Waals surface area contributed by atoms with Crippen LogP contribution in [0.1, 0.15) is 32.3 Å². The van der Waals surface area contributed by atoms with E-state index in [1.54, 1.807) is 12.1 Å². The third-order valence-electron chi connectivity index (χ3n) is 4.71. The fourth-order valence-corrected chi connectivity index (χ4v) is 3.18. The molecule has 1 atom stereocenters. The van der Waals surface area contributed by atoms with Crippen molar-refractivity contribution in [1.82, 2.24) is 15.6 Å². The van der Waals surface area contributed by atoms with Gasteiger partial charge in [-0.3, -0.25) is 0 Å². The van der Waals surface area contributed by atoms with Gasteiger partial charge >= 0.3 is 0 Å². The lowest BCUT2D eigenvalue weighted by molar-refractivity contribution is 0.223. The lowest BCUT2D eigenvalue weighted by atomic mass is 10.3. The standard InChI is InChI=1S/C22H30FN5O/c1-3-24-22(26-14-17(2)29-20-9-7-19(23)8-10-20)27-16-18-6-11-21(25-15-18)28-12-4-5-13-28/h6-11,15,17H,3-5,12-14,16H2,1-2H3,(H2,24,26,27). The third kappa shape index (κ3) is 6.62. The molecule has 1 aliphatic heterocycles. The van der Waals surface area contributed by atoms with Gasteiger partial charge in [0.1, 0.15) is 23.5 Å². The Kier molecular flexibility index (Phi) is 7.67. The maximum atomic E-state index is 13.0. The molecule has 0 bridgehead atoms. The second-order valence-corrected chi connectivity index (χ2v) is 7.18. The largest absolute Gasteiger partial charge is 0.489 e. The van der Waals surface area contributed by atoms with E-state index < -0.39 is 0 Å². The van der Waals surface area contributed by atoms with Crippen LogP contribution in [0.15, 0.2) is 47.6 Å². The maximum absolute atomic E-state index is 13.0. The first-order valence-corrected chi connectivity index (χ1v) is 10.3. The van der Waals surface area contributed by atoms with Crippen LogP contribution in [0.4, 0.5) is 10.2 Å². The van der Waals surface area contributed by atoms with Crippen molar-refractivity contribution in [2.24, 2.45) is 4.99 Å². The van der Waals surface area contributed by atoms with Crippen molar-refractivity contribution < 1.29 is 9.13 Å². The number of anilines is 1. The summed E-state index contributed by atoms with van der Waals surface area (Å²) in [6.45, 7) is 8.08. The molecule has 1 unspecified atom stereocenters. The number of aliphatic imine (C=N–C) groups is 1. The number of pyridine rings is 1. The molecule has 0 amide bonds. The number of benzene rings is 1. The Hall–Kier alpha value is -2.83. The second kappa shape index (κ2) is 10.6. The molecule has 0 radical (unpaired) electrons. The molecule has 1 aromatic heterocycles. The van der Waals surface area contributed by atoms with Crippen LogP contribution in [0, 0.1) is 5.82 Å². The number of nitrogens with zero attached hydrogens (tertiary/aromatic N) is 3. The van der Waals surface area contributed by atoms with Crippen molar-refractivity contribution in [2.45, 2.75) is 39.3 Å². The van der Waals surface area contributed by atoms with Gasteiger partial charge in [-0.2, -0.15) is 0 Å². The number of nitrogens with one attached hydrogen (secondary N) is 2. The zero-order chi connectivity index (χ0) is 20.5. The smallest absolute Gasteiger partial charge is 0.191 e. The predicted molar refractivity (Wildman–Crippen MR) is 115 cm³/mol. The Morgan fingerprint density at radius 2 is 1.93 bits per heavy atom. The van der Waals surface area contributed by atoms with E-state index in [0.717, 1.165) is 37.0 Å². The molecule has 1 saturated heterocycles. The summed E-state index contributed by atoms with van der Waals surface area (Å²) in [5.41, 5.74) is 1.07. The van der Waals surface area contributed by atoms with Crippen LogP contribution in [0.3, 0.4) is 0 Å². The van der Waals surface area contributed by atoms with Crippen LogP contribution in [-0.2, 0) is 6.54 Å². The van der Waals surface area contributed by atoms with Crippen molar-refractivity contribution in [1.29, 1.82) is 0 Å². The zero-order valence-corrected chi connectivity index (χ0v) is 17.2. The number of hydrogen-bond acceptors (Lipinski definition) is 4. The Morgan fingerprint density at radius 3 is 2.59 bits per heavy atom. The van der Waals surface area contributed by atoms with Gasteiger partial charge in [-0.15, -0.1) is 0 Å². The van der Waals surface area contributed by atoms with Crippen molar-refractivity contribution in [2.75, 3.05) is 31.1 Å². The highest BCUT2D eigenvalue weighted by molar-refractivity contribution is 5.79. The molecule has 6 nitrogen and oxygen atoms in total. The first kappa shape index (κ1) is 20.9. The van der Waals surface area contributed by atoms with E-state index in [4.69, 9.17) is 4.74 Å². The van der Waals surface area contributed by atoms with Gasteiger partial charge in [0, 0.05) is 25.8 Å². The fourth-order valence-electron chi connectivity index (χ4n) is 3.18. The van der Waals surface area contributed by atoms with Crippen LogP contribution in [0.5, 0.6) is 5.75 Å². The first-order valence-electron chi connectivity index (χ1n) is 10.3. The van der Waals surface area contributed by atoms with Crippen LogP contribution < -0.4 is 20.3 Å². The highest BCUT2D eigenvalue weighted by Gasteiger charge is 2.13. The number of hydrogen-bond donors (Lipinski definition) is 2. The highest BCUT2D eigenvalue weighted by Crippen LogP contribution is 2.17. The number of guanidine groups is 1. The Morgan fingerprint density at radius 1 is 1.17 bits per heavy atom. The summed E-state index contributed by atoms with van der Waals surface area (Å²) in [4.78, 5) is 11.5. The van der Waals surface area contributed by atoms with Gasteiger partial charge in [-0.1, -0.05) is 6.07 Å². The Bertz CT molecular complexity index is 773. The summed E-state index contributed by atoms with van der Waals surface area (Å²) in [6.07, 6.45) is 4.30. The van der Waals surface area contributed by atoms with Gasteiger partial charge in [-0.25, -0.2) is 14.4 Å². The van der Waals surface area contributed by atoms with E-state index in [2.05, 4.69) is 37.6 Å². The number of aromatic nitrogens is 1. The van der Waals surface area contributed by atoms with Gasteiger partial charge in [0.2, 0.25) is 0 Å². The lowest BCUT2D eigenvalue weighted by Crippen LogP contribution is -2.41. The number of halogens is 1. The van der Waals surface area contributed by atoms with Gasteiger partial charge in [0.05, 0.1) is 13.1 Å². The summed E-state index contributed by atoms with van der Waals surface area (Å²) in [6, 6.07) is 10.2. The van der Waals surface area contributed by atoms with E-state index in [1.165, 1.54) is 25.0 Å². The minimum absolute atomic E-state index is 0.0919. The van der Waals surface area contributed by atoms with Crippen molar-refractivity contribution >= 4 is 11.8 Å². The molecule has 2 N–H and O–H groups in total. The monoisotopic (exact) mass is 399 g/mol.